The first kappa shape index (κ1) is 17.3. The Bertz CT molecular complexity index is 813. The molecule has 1 fully saturated rings. The maximum absolute atomic E-state index is 12.2. The molecule has 3 N–H and O–H groups in total. The minimum Gasteiger partial charge on any atom is -0.334 e. The van der Waals surface area contributed by atoms with Crippen molar-refractivity contribution in [3.8, 4) is 0 Å². The average molecular weight is 361 g/mol. The molecule has 3 amide bonds. The Morgan fingerprint density at radius 2 is 2.08 bits per heavy atom. The molecule has 0 saturated heterocycles. The summed E-state index contributed by atoms with van der Waals surface area (Å²) in [6.45, 7) is 2.00. The smallest absolute Gasteiger partial charge is 0.334 e. The van der Waals surface area contributed by atoms with Crippen LogP contribution in [0, 0.1) is 0 Å². The number of hydrogen-bond donors (Lipinski definition) is 3. The van der Waals surface area contributed by atoms with Crippen molar-refractivity contribution in [3.05, 3.63) is 46.4 Å². The zero-order valence-electron chi connectivity index (χ0n) is 13.7. The van der Waals surface area contributed by atoms with Gasteiger partial charge in [0.05, 0.1) is 5.25 Å². The maximum Gasteiger partial charge on any atom is 0.344 e. The fourth-order valence-corrected chi connectivity index (χ4v) is 3.20. The van der Waals surface area contributed by atoms with Gasteiger partial charge in [-0.25, -0.2) is 14.7 Å². The molecule has 1 saturated carbocycles. The zero-order chi connectivity index (χ0) is 17.8. The summed E-state index contributed by atoms with van der Waals surface area (Å²) in [6.07, 6.45) is 1.88. The number of hydrogen-bond acceptors (Lipinski definition) is 5. The van der Waals surface area contributed by atoms with Crippen LogP contribution in [0.5, 0.6) is 0 Å². The highest BCUT2D eigenvalue weighted by molar-refractivity contribution is 8.00. The number of imide groups is 1. The van der Waals surface area contributed by atoms with Crippen molar-refractivity contribution in [2.45, 2.75) is 42.8 Å². The lowest BCUT2D eigenvalue weighted by Crippen LogP contribution is -2.42. The lowest BCUT2D eigenvalue weighted by atomic mass is 10.2. The van der Waals surface area contributed by atoms with Gasteiger partial charge in [0.15, 0.2) is 5.16 Å². The molecular weight excluding hydrogens is 342 g/mol. The number of rotatable bonds is 6. The molecule has 1 aromatic carbocycles. The van der Waals surface area contributed by atoms with Gasteiger partial charge >= 0.3 is 11.7 Å². The molecule has 0 aliphatic heterocycles. The molecule has 25 heavy (non-hydrogen) atoms. The Balaban J connectivity index is 1.50. The number of aromatic amines is 1. The minimum absolute atomic E-state index is 0.165. The van der Waals surface area contributed by atoms with Crippen molar-refractivity contribution in [2.24, 2.45) is 0 Å². The molecule has 1 aliphatic carbocycles. The topological polar surface area (TPSA) is 109 Å². The molecule has 2 aromatic rings. The van der Waals surface area contributed by atoms with Gasteiger partial charge in [-0.3, -0.25) is 14.7 Å². The van der Waals surface area contributed by atoms with Crippen LogP contribution in [0.15, 0.2) is 40.3 Å². The van der Waals surface area contributed by atoms with Crippen molar-refractivity contribution in [1.29, 1.82) is 0 Å². The van der Waals surface area contributed by atoms with E-state index in [9.17, 15) is 14.4 Å². The van der Waals surface area contributed by atoms with E-state index in [1.807, 2.05) is 30.3 Å². The van der Waals surface area contributed by atoms with Gasteiger partial charge in [0, 0.05) is 12.6 Å². The average Bonchev–Trinajstić information content (AvgIpc) is 3.37. The van der Waals surface area contributed by atoms with Gasteiger partial charge < -0.3 is 5.32 Å². The normalized spacial score (nSPS) is 14.8. The summed E-state index contributed by atoms with van der Waals surface area (Å²) in [5.74, 6) is -0.437. The Kier molecular flexibility index (Phi) is 5.22. The third-order valence-electron chi connectivity index (χ3n) is 3.77. The summed E-state index contributed by atoms with van der Waals surface area (Å²) in [5.41, 5.74) is 0.677. The van der Waals surface area contributed by atoms with Crippen LogP contribution in [0.2, 0.25) is 0 Å². The third kappa shape index (κ3) is 4.50. The van der Waals surface area contributed by atoms with Gasteiger partial charge in [0.1, 0.15) is 0 Å². The first-order valence-corrected chi connectivity index (χ1v) is 8.88. The van der Waals surface area contributed by atoms with Gasteiger partial charge in [-0.15, -0.1) is 5.10 Å². The van der Waals surface area contributed by atoms with Crippen LogP contribution in [-0.2, 0) is 11.3 Å². The van der Waals surface area contributed by atoms with Gasteiger partial charge in [-0.2, -0.15) is 0 Å². The molecule has 0 bridgehead atoms. The van der Waals surface area contributed by atoms with Crippen LogP contribution < -0.4 is 16.3 Å². The van der Waals surface area contributed by atoms with Crippen molar-refractivity contribution in [2.75, 3.05) is 0 Å². The van der Waals surface area contributed by atoms with Gasteiger partial charge in [-0.1, -0.05) is 42.1 Å². The largest absolute Gasteiger partial charge is 0.344 e. The van der Waals surface area contributed by atoms with Gasteiger partial charge in [-0.05, 0) is 25.3 Å². The van der Waals surface area contributed by atoms with Gasteiger partial charge in [0.25, 0.3) is 0 Å². The molecular formula is C16H19N5O3S. The van der Waals surface area contributed by atoms with Crippen LogP contribution in [0.4, 0.5) is 4.79 Å². The van der Waals surface area contributed by atoms with E-state index >= 15 is 0 Å². The first-order valence-electron chi connectivity index (χ1n) is 8.01. The Morgan fingerprint density at radius 1 is 1.36 bits per heavy atom. The predicted octanol–water partition coefficient (Wildman–Crippen LogP) is 1.41. The van der Waals surface area contributed by atoms with E-state index in [1.54, 1.807) is 11.5 Å². The van der Waals surface area contributed by atoms with E-state index in [4.69, 9.17) is 0 Å². The number of aromatic nitrogens is 3. The fourth-order valence-electron chi connectivity index (χ4n) is 2.28. The van der Waals surface area contributed by atoms with Crippen molar-refractivity contribution >= 4 is 23.7 Å². The number of nitrogens with zero attached hydrogens (tertiary/aromatic N) is 2. The fraction of sp³-hybridized carbons (Fsp3) is 0.375. The summed E-state index contributed by atoms with van der Waals surface area (Å²) in [6, 6.07) is 9.03. The number of nitrogens with one attached hydrogen (secondary N) is 3. The van der Waals surface area contributed by atoms with Crippen LogP contribution >= 0.6 is 11.8 Å². The molecule has 3 rings (SSSR count). The van der Waals surface area contributed by atoms with Crippen LogP contribution in [0.3, 0.4) is 0 Å². The van der Waals surface area contributed by atoms with Gasteiger partial charge in [0.2, 0.25) is 5.91 Å². The van der Waals surface area contributed by atoms with Crippen LogP contribution in [0.25, 0.3) is 0 Å². The first-order chi connectivity index (χ1) is 12.0. The predicted molar refractivity (Wildman–Crippen MR) is 93.3 cm³/mol. The third-order valence-corrected chi connectivity index (χ3v) is 4.83. The minimum atomic E-state index is -0.560. The Labute approximate surface area is 148 Å². The van der Waals surface area contributed by atoms with Crippen molar-refractivity contribution in [1.82, 2.24) is 25.4 Å². The number of thioether (sulfide) groups is 1. The molecule has 9 heteroatoms. The summed E-state index contributed by atoms with van der Waals surface area (Å²) in [4.78, 5) is 35.7. The monoisotopic (exact) mass is 361 g/mol. The summed E-state index contributed by atoms with van der Waals surface area (Å²) in [5, 5.41) is 11.2. The summed E-state index contributed by atoms with van der Waals surface area (Å²) in [7, 11) is 0. The molecule has 1 aromatic heterocycles. The second kappa shape index (κ2) is 7.56. The second-order valence-corrected chi connectivity index (χ2v) is 7.14. The van der Waals surface area contributed by atoms with E-state index in [2.05, 4.69) is 20.8 Å². The van der Waals surface area contributed by atoms with E-state index in [-0.39, 0.29) is 11.7 Å². The number of carbonyl (C=O) groups excluding carboxylic acids is 2. The maximum atomic E-state index is 12.2. The molecule has 1 aliphatic rings. The van der Waals surface area contributed by atoms with Crippen molar-refractivity contribution < 1.29 is 9.59 Å². The molecule has 1 atom stereocenters. The van der Waals surface area contributed by atoms with E-state index < -0.39 is 17.2 Å². The van der Waals surface area contributed by atoms with Crippen molar-refractivity contribution in [3.63, 3.8) is 0 Å². The molecule has 0 spiro atoms. The number of urea groups is 1. The highest BCUT2D eigenvalue weighted by Crippen LogP contribution is 2.36. The van der Waals surface area contributed by atoms with Crippen LogP contribution in [0.1, 0.15) is 31.4 Å². The summed E-state index contributed by atoms with van der Waals surface area (Å²) < 4.78 is 1.57. The number of benzene rings is 1. The summed E-state index contributed by atoms with van der Waals surface area (Å²) >= 11 is 1.15. The highest BCUT2D eigenvalue weighted by Gasteiger charge is 2.30. The highest BCUT2D eigenvalue weighted by atomic mass is 32.2. The van der Waals surface area contributed by atoms with E-state index in [0.717, 1.165) is 30.2 Å². The molecule has 132 valence electrons. The molecule has 8 nitrogen and oxygen atoms in total. The Hall–Kier alpha value is -2.55. The SMILES string of the molecule is C[C@@H](Sc1n[nH]c(=O)n1C1CC1)C(=O)NC(=O)NCc1ccccc1. The molecule has 0 radical (unpaired) electrons. The van der Waals surface area contributed by atoms with Crippen LogP contribution in [-0.4, -0.2) is 32.0 Å². The number of amides is 3. The quantitative estimate of drug-likeness (QED) is 0.674. The number of carbonyl (C=O) groups is 2. The zero-order valence-corrected chi connectivity index (χ0v) is 14.5. The second-order valence-electron chi connectivity index (χ2n) is 5.83. The lowest BCUT2D eigenvalue weighted by molar-refractivity contribution is -0.119. The van der Waals surface area contributed by atoms with E-state index in [0.29, 0.717) is 11.7 Å². The Morgan fingerprint density at radius 3 is 2.76 bits per heavy atom. The molecule has 0 unspecified atom stereocenters. The standard InChI is InChI=1S/C16H19N5O3S/c1-10(25-16-20-19-15(24)21(16)12-7-8-12)13(22)18-14(23)17-9-11-5-3-2-4-6-11/h2-6,10,12H,7-9H2,1H3,(H,19,24)(H2,17,18,22,23)/t10-/m1/s1. The number of H-pyrrole nitrogens is 1. The van der Waals surface area contributed by atoms with E-state index in [1.165, 1.54) is 0 Å². The molecule has 1 heterocycles. The lowest BCUT2D eigenvalue weighted by Gasteiger charge is -2.12.